The van der Waals surface area contributed by atoms with Gasteiger partial charge in [-0.25, -0.2) is 0 Å². The lowest BCUT2D eigenvalue weighted by atomic mass is 9.86. The summed E-state index contributed by atoms with van der Waals surface area (Å²) in [6, 6.07) is 0. The third-order valence-corrected chi connectivity index (χ3v) is 1.73. The second kappa shape index (κ2) is 4.30. The Hall–Kier alpha value is -0.910. The normalized spacial score (nSPS) is 14.9. The fourth-order valence-electron chi connectivity index (χ4n) is 0.875. The average molecular weight is 226 g/mol. The number of Topliss-reactive ketones (excluding diaryl/α,β-unsaturated/α-hetero) is 2. The van der Waals surface area contributed by atoms with Crippen LogP contribution in [0.25, 0.3) is 0 Å². The number of methoxy groups -OCH3 is 1. The lowest BCUT2D eigenvalue weighted by molar-refractivity contribution is -0.183. The van der Waals surface area contributed by atoms with Crippen LogP contribution in [0.2, 0.25) is 0 Å². The Morgan fingerprint density at radius 1 is 1.07 bits per heavy atom. The van der Waals surface area contributed by atoms with Crippen LogP contribution in [0.3, 0.4) is 0 Å². The summed E-state index contributed by atoms with van der Waals surface area (Å²) in [5.41, 5.74) is -1.05. The summed E-state index contributed by atoms with van der Waals surface area (Å²) in [6.45, 7) is 4.26. The van der Waals surface area contributed by atoms with Crippen molar-refractivity contribution in [3.05, 3.63) is 0 Å². The smallest absolute Gasteiger partial charge is 0.365 e. The quantitative estimate of drug-likeness (QED) is 0.688. The molecule has 0 saturated heterocycles. The molecule has 0 aromatic heterocycles. The van der Waals surface area contributed by atoms with Crippen LogP contribution < -0.4 is 0 Å². The zero-order chi connectivity index (χ0) is 12.4. The molecule has 0 spiro atoms. The van der Waals surface area contributed by atoms with Crippen LogP contribution in [-0.4, -0.2) is 31.0 Å². The number of ketones is 2. The first-order valence-corrected chi connectivity index (χ1v) is 4.20. The van der Waals surface area contributed by atoms with Crippen molar-refractivity contribution in [2.45, 2.75) is 33.1 Å². The van der Waals surface area contributed by atoms with Gasteiger partial charge in [-0.1, -0.05) is 20.8 Å². The van der Waals surface area contributed by atoms with Crippen molar-refractivity contribution in [3.8, 4) is 0 Å². The first-order chi connectivity index (χ1) is 6.51. The van der Waals surface area contributed by atoms with E-state index in [2.05, 4.69) is 4.74 Å². The molecule has 0 bridgehead atoms. The fourth-order valence-corrected chi connectivity index (χ4v) is 0.875. The molecule has 0 aliphatic heterocycles. The summed E-state index contributed by atoms with van der Waals surface area (Å²) < 4.78 is 40.5. The average Bonchev–Trinajstić information content (AvgIpc) is 2.01. The maximum atomic E-state index is 12.1. The van der Waals surface area contributed by atoms with E-state index in [1.54, 1.807) is 0 Å². The molecule has 0 aliphatic carbocycles. The Balaban J connectivity index is 4.96. The molecule has 1 unspecified atom stereocenters. The van der Waals surface area contributed by atoms with Gasteiger partial charge in [0.15, 0.2) is 11.9 Å². The first kappa shape index (κ1) is 14.1. The summed E-state index contributed by atoms with van der Waals surface area (Å²) in [6.07, 6.45) is -7.12. The van der Waals surface area contributed by atoms with Gasteiger partial charge < -0.3 is 4.74 Å². The highest BCUT2D eigenvalue weighted by Gasteiger charge is 2.48. The Labute approximate surface area is 85.6 Å². The third kappa shape index (κ3) is 3.62. The number of rotatable bonds is 3. The van der Waals surface area contributed by atoms with Gasteiger partial charge in [0.25, 0.3) is 5.78 Å². The van der Waals surface area contributed by atoms with E-state index in [-0.39, 0.29) is 0 Å². The van der Waals surface area contributed by atoms with Gasteiger partial charge in [0.2, 0.25) is 0 Å². The Kier molecular flexibility index (Phi) is 4.04. The van der Waals surface area contributed by atoms with Gasteiger partial charge in [-0.2, -0.15) is 13.2 Å². The molecule has 15 heavy (non-hydrogen) atoms. The van der Waals surface area contributed by atoms with Crippen molar-refractivity contribution in [1.82, 2.24) is 0 Å². The van der Waals surface area contributed by atoms with Crippen molar-refractivity contribution >= 4 is 11.6 Å². The highest BCUT2D eigenvalue weighted by molar-refractivity contribution is 6.09. The molecule has 6 heteroatoms. The van der Waals surface area contributed by atoms with Crippen LogP contribution in [-0.2, 0) is 14.3 Å². The number of halogens is 3. The molecule has 0 saturated carbocycles. The topological polar surface area (TPSA) is 43.4 Å². The number of carbonyl (C=O) groups is 2. The van der Waals surface area contributed by atoms with Gasteiger partial charge in [-0.3, -0.25) is 9.59 Å². The molecule has 0 heterocycles. The van der Waals surface area contributed by atoms with Crippen molar-refractivity contribution in [2.24, 2.45) is 5.41 Å². The van der Waals surface area contributed by atoms with Crippen molar-refractivity contribution < 1.29 is 27.5 Å². The summed E-state index contributed by atoms with van der Waals surface area (Å²) in [5, 5.41) is 0. The fraction of sp³-hybridized carbons (Fsp3) is 0.778. The number of alkyl halides is 3. The maximum absolute atomic E-state index is 12.1. The maximum Gasteiger partial charge on any atom is 0.453 e. The van der Waals surface area contributed by atoms with E-state index in [9.17, 15) is 22.8 Å². The van der Waals surface area contributed by atoms with Gasteiger partial charge in [-0.05, 0) is 0 Å². The highest BCUT2D eigenvalue weighted by Crippen LogP contribution is 2.24. The Bertz CT molecular complexity index is 237. The number of ether oxygens (including phenoxy) is 1. The van der Waals surface area contributed by atoms with Gasteiger partial charge in [-0.15, -0.1) is 0 Å². The van der Waals surface area contributed by atoms with Crippen molar-refractivity contribution in [2.75, 3.05) is 7.11 Å². The molecule has 0 aromatic carbocycles. The predicted octanol–water partition coefficient (Wildman–Crippen LogP) is 1.75. The van der Waals surface area contributed by atoms with Crippen molar-refractivity contribution in [3.63, 3.8) is 0 Å². The van der Waals surface area contributed by atoms with Crippen LogP contribution in [0.15, 0.2) is 0 Å². The molecule has 1 atom stereocenters. The Morgan fingerprint density at radius 2 is 1.47 bits per heavy atom. The molecular weight excluding hydrogens is 213 g/mol. The first-order valence-electron chi connectivity index (χ1n) is 4.20. The van der Waals surface area contributed by atoms with Crippen LogP contribution in [0.1, 0.15) is 20.8 Å². The van der Waals surface area contributed by atoms with Gasteiger partial charge in [0.05, 0.1) is 0 Å². The zero-order valence-electron chi connectivity index (χ0n) is 8.94. The van der Waals surface area contributed by atoms with Gasteiger partial charge in [0.1, 0.15) is 0 Å². The molecule has 0 radical (unpaired) electrons. The molecule has 3 nitrogen and oxygen atoms in total. The predicted molar refractivity (Wildman–Crippen MR) is 46.3 cm³/mol. The number of hydrogen-bond donors (Lipinski definition) is 0. The molecule has 0 aromatic rings. The second-order valence-corrected chi connectivity index (χ2v) is 4.09. The van der Waals surface area contributed by atoms with E-state index in [1.165, 1.54) is 20.8 Å². The SMILES string of the molecule is COC(C(=O)C(C)(C)C)C(=O)C(F)(F)F. The summed E-state index contributed by atoms with van der Waals surface area (Å²) in [5.74, 6) is -3.04. The second-order valence-electron chi connectivity index (χ2n) is 4.09. The number of carbonyl (C=O) groups excluding carboxylic acids is 2. The van der Waals surface area contributed by atoms with E-state index < -0.39 is 29.3 Å². The molecular formula is C9H13F3O3. The van der Waals surface area contributed by atoms with Crippen LogP contribution >= 0.6 is 0 Å². The molecule has 0 fully saturated rings. The molecule has 0 aliphatic rings. The van der Waals surface area contributed by atoms with Crippen LogP contribution in [0.4, 0.5) is 13.2 Å². The van der Waals surface area contributed by atoms with E-state index in [1.807, 2.05) is 0 Å². The summed E-state index contributed by atoms with van der Waals surface area (Å²) >= 11 is 0. The minimum atomic E-state index is -5.05. The number of hydrogen-bond acceptors (Lipinski definition) is 3. The Morgan fingerprint density at radius 3 is 1.67 bits per heavy atom. The van der Waals surface area contributed by atoms with E-state index in [0.717, 1.165) is 7.11 Å². The zero-order valence-corrected chi connectivity index (χ0v) is 8.94. The molecule has 88 valence electrons. The highest BCUT2D eigenvalue weighted by atomic mass is 19.4. The minimum Gasteiger partial charge on any atom is -0.365 e. The lowest BCUT2D eigenvalue weighted by Crippen LogP contribution is -2.45. The lowest BCUT2D eigenvalue weighted by Gasteiger charge is -2.23. The van der Waals surface area contributed by atoms with Crippen LogP contribution in [0.5, 0.6) is 0 Å². The van der Waals surface area contributed by atoms with E-state index in [0.29, 0.717) is 0 Å². The summed E-state index contributed by atoms with van der Waals surface area (Å²) in [7, 11) is 0.901. The molecule has 0 amide bonds. The van der Waals surface area contributed by atoms with Gasteiger partial charge >= 0.3 is 6.18 Å². The molecule has 0 N–H and O–H groups in total. The van der Waals surface area contributed by atoms with E-state index in [4.69, 9.17) is 0 Å². The van der Waals surface area contributed by atoms with Crippen LogP contribution in [0, 0.1) is 5.41 Å². The minimum absolute atomic E-state index is 0.882. The monoisotopic (exact) mass is 226 g/mol. The largest absolute Gasteiger partial charge is 0.453 e. The van der Waals surface area contributed by atoms with Gasteiger partial charge in [0, 0.05) is 12.5 Å². The third-order valence-electron chi connectivity index (χ3n) is 1.73. The van der Waals surface area contributed by atoms with Crippen molar-refractivity contribution in [1.29, 1.82) is 0 Å². The van der Waals surface area contributed by atoms with E-state index >= 15 is 0 Å². The molecule has 0 rings (SSSR count). The summed E-state index contributed by atoms with van der Waals surface area (Å²) in [4.78, 5) is 22.3. The standard InChI is InChI=1S/C9H13F3O3/c1-8(2,3)6(13)5(15-4)7(14)9(10,11)12/h5H,1-4H3.